The Morgan fingerprint density at radius 3 is 2.58 bits per heavy atom. The highest BCUT2D eigenvalue weighted by Gasteiger charge is 2.33. The molecule has 1 N–H and O–H groups in total. The summed E-state index contributed by atoms with van der Waals surface area (Å²) in [4.78, 5) is 0. The van der Waals surface area contributed by atoms with Crippen molar-refractivity contribution >= 4 is 0 Å². The van der Waals surface area contributed by atoms with Crippen LogP contribution >= 0.6 is 0 Å². The fraction of sp³-hybridized carbons (Fsp3) is 0.600. The smallest absolute Gasteiger partial charge is 0.163 e. The van der Waals surface area contributed by atoms with E-state index in [2.05, 4.69) is 5.32 Å². The van der Waals surface area contributed by atoms with Crippen molar-refractivity contribution < 1.29 is 13.9 Å². The lowest BCUT2D eigenvalue weighted by Gasteiger charge is -2.27. The highest BCUT2D eigenvalue weighted by molar-refractivity contribution is 5.46. The van der Waals surface area contributed by atoms with Crippen LogP contribution in [0.4, 0.5) is 4.39 Å². The second-order valence-corrected chi connectivity index (χ2v) is 5.51. The lowest BCUT2D eigenvalue weighted by Crippen LogP contribution is -2.34. The summed E-state index contributed by atoms with van der Waals surface area (Å²) in [7, 11) is 1.52. The van der Waals surface area contributed by atoms with Crippen molar-refractivity contribution in [1.29, 1.82) is 0 Å². The number of methoxy groups -OCH3 is 1. The Bertz CT molecular complexity index is 454. The van der Waals surface area contributed by atoms with Crippen molar-refractivity contribution in [2.75, 3.05) is 13.7 Å². The minimum Gasteiger partial charge on any atom is -0.493 e. The van der Waals surface area contributed by atoms with Crippen molar-refractivity contribution in [3.63, 3.8) is 0 Å². The fourth-order valence-corrected chi connectivity index (χ4v) is 2.59. The van der Waals surface area contributed by atoms with Gasteiger partial charge in [-0.2, -0.15) is 0 Å². The lowest BCUT2D eigenvalue weighted by molar-refractivity contribution is 0.228. The van der Waals surface area contributed by atoms with E-state index in [1.54, 1.807) is 6.07 Å². The summed E-state index contributed by atoms with van der Waals surface area (Å²) in [5, 5.41) is 3.37. The molecule has 1 aromatic carbocycles. The molecular formula is C15H22FNO2. The molecule has 0 spiro atoms. The van der Waals surface area contributed by atoms with Crippen molar-refractivity contribution in [3.05, 3.63) is 23.5 Å². The maximum Gasteiger partial charge on any atom is 0.163 e. The highest BCUT2D eigenvalue weighted by atomic mass is 19.1. The van der Waals surface area contributed by atoms with Gasteiger partial charge in [0.25, 0.3) is 0 Å². The van der Waals surface area contributed by atoms with E-state index >= 15 is 0 Å². The summed E-state index contributed by atoms with van der Waals surface area (Å²) in [6.45, 7) is 6.84. The topological polar surface area (TPSA) is 30.5 Å². The van der Waals surface area contributed by atoms with Crippen LogP contribution in [0.3, 0.4) is 0 Å². The van der Waals surface area contributed by atoms with Crippen LogP contribution < -0.4 is 14.8 Å². The van der Waals surface area contributed by atoms with Crippen LogP contribution in [0.25, 0.3) is 0 Å². The van der Waals surface area contributed by atoms with Gasteiger partial charge in [-0.3, -0.25) is 0 Å². The summed E-state index contributed by atoms with van der Waals surface area (Å²) in [5.74, 6) is 0.797. The quantitative estimate of drug-likeness (QED) is 0.908. The Labute approximate surface area is 114 Å². The second kappa shape index (κ2) is 5.37. The number of nitrogens with one attached hydrogen (secondary N) is 1. The van der Waals surface area contributed by atoms with E-state index in [1.165, 1.54) is 13.2 Å². The van der Waals surface area contributed by atoms with E-state index in [0.29, 0.717) is 17.1 Å². The Kier molecular flexibility index (Phi) is 3.99. The molecule has 1 aliphatic rings. The zero-order valence-electron chi connectivity index (χ0n) is 12.0. The zero-order chi connectivity index (χ0) is 14.0. The van der Waals surface area contributed by atoms with Crippen molar-refractivity contribution in [1.82, 2.24) is 5.32 Å². The van der Waals surface area contributed by atoms with Crippen LogP contribution in [0.15, 0.2) is 12.1 Å². The predicted molar refractivity (Wildman–Crippen MR) is 73.3 cm³/mol. The standard InChI is InChI=1S/C15H22FNO2/c1-10(2)19-14-8-11(12(16)9-13(14)18-4)15(3)6-5-7-17-15/h8-10,17H,5-7H2,1-4H3. The summed E-state index contributed by atoms with van der Waals surface area (Å²) in [6, 6.07) is 3.19. The van der Waals surface area contributed by atoms with Gasteiger partial charge in [-0.05, 0) is 46.2 Å². The van der Waals surface area contributed by atoms with Crippen molar-refractivity contribution in [2.24, 2.45) is 0 Å². The molecule has 2 rings (SSSR count). The van der Waals surface area contributed by atoms with Gasteiger partial charge in [0.15, 0.2) is 11.5 Å². The van der Waals surface area contributed by atoms with E-state index in [1.807, 2.05) is 20.8 Å². The van der Waals surface area contributed by atoms with E-state index < -0.39 is 0 Å². The molecule has 0 saturated carbocycles. The van der Waals surface area contributed by atoms with Gasteiger partial charge < -0.3 is 14.8 Å². The Morgan fingerprint density at radius 2 is 2.05 bits per heavy atom. The molecular weight excluding hydrogens is 245 g/mol. The van der Waals surface area contributed by atoms with Gasteiger partial charge in [-0.15, -0.1) is 0 Å². The average molecular weight is 267 g/mol. The minimum atomic E-state index is -0.314. The molecule has 0 radical (unpaired) electrons. The molecule has 1 aliphatic heterocycles. The van der Waals surface area contributed by atoms with Crippen LogP contribution in [0.5, 0.6) is 11.5 Å². The molecule has 1 aromatic rings. The number of halogens is 1. The minimum absolute atomic E-state index is 0.0246. The van der Waals surface area contributed by atoms with Gasteiger partial charge in [0.05, 0.1) is 13.2 Å². The molecule has 1 atom stereocenters. The van der Waals surface area contributed by atoms with Crippen LogP contribution in [-0.2, 0) is 5.54 Å². The third-order valence-electron chi connectivity index (χ3n) is 3.58. The van der Waals surface area contributed by atoms with Crippen LogP contribution in [-0.4, -0.2) is 19.8 Å². The first-order chi connectivity index (χ1) is 8.96. The molecule has 0 amide bonds. The molecule has 106 valence electrons. The summed E-state index contributed by atoms with van der Waals surface area (Å²) < 4.78 is 25.2. The predicted octanol–water partition coefficient (Wildman–Crippen LogP) is 3.22. The number of ether oxygens (including phenoxy) is 2. The van der Waals surface area contributed by atoms with Crippen molar-refractivity contribution in [2.45, 2.75) is 45.3 Å². The van der Waals surface area contributed by atoms with Gasteiger partial charge in [0.2, 0.25) is 0 Å². The van der Waals surface area contributed by atoms with Gasteiger partial charge in [0.1, 0.15) is 5.82 Å². The fourth-order valence-electron chi connectivity index (χ4n) is 2.59. The van der Waals surface area contributed by atoms with E-state index in [-0.39, 0.29) is 17.5 Å². The highest BCUT2D eigenvalue weighted by Crippen LogP contribution is 2.38. The SMILES string of the molecule is COc1cc(F)c(C2(C)CCCN2)cc1OC(C)C. The van der Waals surface area contributed by atoms with E-state index in [4.69, 9.17) is 9.47 Å². The third-order valence-corrected chi connectivity index (χ3v) is 3.58. The first kappa shape index (κ1) is 14.1. The molecule has 0 bridgehead atoms. The maximum absolute atomic E-state index is 14.3. The molecule has 0 aliphatic carbocycles. The average Bonchev–Trinajstić information content (AvgIpc) is 2.78. The number of hydrogen-bond donors (Lipinski definition) is 1. The summed E-state index contributed by atoms with van der Waals surface area (Å²) in [6.07, 6.45) is 2.01. The number of benzene rings is 1. The Hall–Kier alpha value is -1.29. The molecule has 1 unspecified atom stereocenters. The Balaban J connectivity index is 2.44. The van der Waals surface area contributed by atoms with E-state index in [9.17, 15) is 4.39 Å². The zero-order valence-corrected chi connectivity index (χ0v) is 12.0. The lowest BCUT2D eigenvalue weighted by atomic mass is 9.90. The Morgan fingerprint density at radius 1 is 1.32 bits per heavy atom. The first-order valence-electron chi connectivity index (χ1n) is 6.76. The number of rotatable bonds is 4. The molecule has 3 nitrogen and oxygen atoms in total. The number of hydrogen-bond acceptors (Lipinski definition) is 3. The molecule has 0 aromatic heterocycles. The van der Waals surface area contributed by atoms with Crippen molar-refractivity contribution in [3.8, 4) is 11.5 Å². The summed E-state index contributed by atoms with van der Waals surface area (Å²) >= 11 is 0. The molecule has 1 fully saturated rings. The largest absolute Gasteiger partial charge is 0.493 e. The van der Waals surface area contributed by atoms with Gasteiger partial charge in [-0.25, -0.2) is 4.39 Å². The molecule has 1 heterocycles. The monoisotopic (exact) mass is 267 g/mol. The van der Waals surface area contributed by atoms with Gasteiger partial charge >= 0.3 is 0 Å². The normalized spacial score (nSPS) is 22.8. The van der Waals surface area contributed by atoms with Crippen LogP contribution in [0.1, 0.15) is 39.2 Å². The molecule has 19 heavy (non-hydrogen) atoms. The molecule has 1 saturated heterocycles. The molecule has 4 heteroatoms. The van der Waals surface area contributed by atoms with Crippen LogP contribution in [0, 0.1) is 5.82 Å². The summed E-state index contributed by atoms with van der Waals surface area (Å²) in [5.41, 5.74) is 0.340. The van der Waals surface area contributed by atoms with Gasteiger partial charge in [-0.1, -0.05) is 0 Å². The first-order valence-corrected chi connectivity index (χ1v) is 6.76. The van der Waals surface area contributed by atoms with Crippen LogP contribution in [0.2, 0.25) is 0 Å². The van der Waals surface area contributed by atoms with E-state index in [0.717, 1.165) is 19.4 Å². The maximum atomic E-state index is 14.3. The second-order valence-electron chi connectivity index (χ2n) is 5.51. The third kappa shape index (κ3) is 2.84. The van der Waals surface area contributed by atoms with Gasteiger partial charge in [0, 0.05) is 17.2 Å².